The summed E-state index contributed by atoms with van der Waals surface area (Å²) in [6, 6.07) is 3.89. The van der Waals surface area contributed by atoms with Crippen LogP contribution in [0.15, 0.2) is 18.3 Å². The molecule has 1 aliphatic carbocycles. The summed E-state index contributed by atoms with van der Waals surface area (Å²) in [4.78, 5) is 15.7. The van der Waals surface area contributed by atoms with E-state index >= 15 is 0 Å². The Morgan fingerprint density at radius 2 is 2.25 bits per heavy atom. The first-order chi connectivity index (χ1) is 7.79. The number of Topliss-reactive ketones (excluding diaryl/α,β-unsaturated/α-hetero) is 1. The van der Waals surface area contributed by atoms with E-state index in [9.17, 15) is 4.79 Å². The molecule has 1 aromatic rings. The minimum Gasteiger partial charge on any atom is -0.481 e. The van der Waals surface area contributed by atoms with E-state index in [4.69, 9.17) is 4.74 Å². The molecular weight excluding hydrogens is 202 g/mol. The highest BCUT2D eigenvalue weighted by Crippen LogP contribution is 2.30. The number of carbonyl (C=O) groups excluding carboxylic acids is 1. The second-order valence-corrected chi connectivity index (χ2v) is 4.32. The molecule has 0 N–H and O–H groups in total. The molecule has 1 aliphatic rings. The lowest BCUT2D eigenvalue weighted by Gasteiger charge is -2.13. The van der Waals surface area contributed by atoms with Crippen molar-refractivity contribution in [2.45, 2.75) is 38.0 Å². The van der Waals surface area contributed by atoms with Crippen LogP contribution in [0.4, 0.5) is 0 Å². The van der Waals surface area contributed by atoms with Gasteiger partial charge in [-0.3, -0.25) is 4.79 Å². The van der Waals surface area contributed by atoms with Crippen LogP contribution in [0, 0.1) is 0 Å². The van der Waals surface area contributed by atoms with Gasteiger partial charge in [-0.15, -0.1) is 0 Å². The fourth-order valence-electron chi connectivity index (χ4n) is 2.23. The van der Waals surface area contributed by atoms with Crippen molar-refractivity contribution in [1.82, 2.24) is 4.98 Å². The lowest BCUT2D eigenvalue weighted by atomic mass is 9.93. The highest BCUT2D eigenvalue weighted by molar-refractivity contribution is 5.79. The molecule has 0 amide bonds. The maximum Gasteiger partial charge on any atom is 0.212 e. The predicted molar refractivity (Wildman–Crippen MR) is 61.6 cm³/mol. The Labute approximate surface area is 95.8 Å². The van der Waals surface area contributed by atoms with Crippen LogP contribution in [0.3, 0.4) is 0 Å². The number of carbonyl (C=O) groups is 1. The van der Waals surface area contributed by atoms with Gasteiger partial charge in [-0.25, -0.2) is 4.98 Å². The Morgan fingerprint density at radius 1 is 1.38 bits per heavy atom. The Kier molecular flexibility index (Phi) is 3.54. The fraction of sp³-hybridized carbons (Fsp3) is 0.538. The van der Waals surface area contributed by atoms with Crippen molar-refractivity contribution in [3.8, 4) is 5.88 Å². The topological polar surface area (TPSA) is 39.2 Å². The summed E-state index contributed by atoms with van der Waals surface area (Å²) in [6.07, 6.45) is 6.54. The van der Waals surface area contributed by atoms with Gasteiger partial charge in [-0.1, -0.05) is 12.5 Å². The normalized spacial score (nSPS) is 21.6. The van der Waals surface area contributed by atoms with Crippen LogP contribution in [0.1, 0.15) is 43.6 Å². The number of pyridine rings is 1. The Hall–Kier alpha value is -1.38. The van der Waals surface area contributed by atoms with Gasteiger partial charge in [0, 0.05) is 25.1 Å². The van der Waals surface area contributed by atoms with Crippen molar-refractivity contribution in [1.29, 1.82) is 0 Å². The van der Waals surface area contributed by atoms with Gasteiger partial charge in [-0.2, -0.15) is 0 Å². The van der Waals surface area contributed by atoms with E-state index in [2.05, 4.69) is 4.98 Å². The van der Waals surface area contributed by atoms with E-state index in [0.29, 0.717) is 24.0 Å². The van der Waals surface area contributed by atoms with Crippen LogP contribution < -0.4 is 4.74 Å². The number of hydrogen-bond donors (Lipinski definition) is 0. The smallest absolute Gasteiger partial charge is 0.212 e. The molecule has 1 heterocycles. The average Bonchev–Trinajstić information content (AvgIpc) is 2.54. The molecule has 0 aromatic carbocycles. The van der Waals surface area contributed by atoms with Crippen LogP contribution in [0.2, 0.25) is 0 Å². The summed E-state index contributed by atoms with van der Waals surface area (Å²) in [7, 11) is 1.61. The first kappa shape index (κ1) is 11.1. The van der Waals surface area contributed by atoms with Crippen molar-refractivity contribution < 1.29 is 9.53 Å². The predicted octanol–water partition coefficient (Wildman–Crippen LogP) is 2.71. The molecule has 0 bridgehead atoms. The number of ether oxygens (including phenoxy) is 1. The molecule has 86 valence electrons. The summed E-state index contributed by atoms with van der Waals surface area (Å²) in [5, 5.41) is 0. The third-order valence-corrected chi connectivity index (χ3v) is 3.17. The maximum absolute atomic E-state index is 11.5. The Bertz CT molecular complexity index is 359. The molecule has 0 aliphatic heterocycles. The van der Waals surface area contributed by atoms with Crippen LogP contribution in [0.25, 0.3) is 0 Å². The van der Waals surface area contributed by atoms with Gasteiger partial charge in [0.2, 0.25) is 5.88 Å². The van der Waals surface area contributed by atoms with E-state index in [-0.39, 0.29) is 0 Å². The number of rotatable bonds is 2. The minimum atomic E-state index is 0.355. The fourth-order valence-corrected chi connectivity index (χ4v) is 2.23. The second-order valence-electron chi connectivity index (χ2n) is 4.32. The number of nitrogens with zero attached hydrogens (tertiary/aromatic N) is 1. The van der Waals surface area contributed by atoms with Crippen LogP contribution >= 0.6 is 0 Å². The summed E-state index contributed by atoms with van der Waals surface area (Å²) in [6.45, 7) is 0. The van der Waals surface area contributed by atoms with E-state index in [0.717, 1.165) is 31.2 Å². The number of ketones is 1. The van der Waals surface area contributed by atoms with Crippen molar-refractivity contribution in [3.05, 3.63) is 23.9 Å². The molecule has 0 saturated heterocycles. The number of aromatic nitrogens is 1. The lowest BCUT2D eigenvalue weighted by Crippen LogP contribution is -2.04. The highest BCUT2D eigenvalue weighted by Gasteiger charge is 2.19. The van der Waals surface area contributed by atoms with E-state index in [1.165, 1.54) is 0 Å². The summed E-state index contributed by atoms with van der Waals surface area (Å²) < 4.78 is 5.02. The van der Waals surface area contributed by atoms with Crippen LogP contribution in [-0.2, 0) is 4.79 Å². The van der Waals surface area contributed by atoms with Crippen molar-refractivity contribution >= 4 is 5.78 Å². The van der Waals surface area contributed by atoms with E-state index in [1.54, 1.807) is 7.11 Å². The molecule has 1 unspecified atom stereocenters. The Balaban J connectivity index is 2.12. The molecule has 1 aromatic heterocycles. The van der Waals surface area contributed by atoms with Gasteiger partial charge >= 0.3 is 0 Å². The van der Waals surface area contributed by atoms with Crippen molar-refractivity contribution in [3.63, 3.8) is 0 Å². The largest absolute Gasteiger partial charge is 0.481 e. The minimum absolute atomic E-state index is 0.355. The zero-order valence-electron chi connectivity index (χ0n) is 9.61. The zero-order chi connectivity index (χ0) is 11.4. The monoisotopic (exact) mass is 219 g/mol. The quantitative estimate of drug-likeness (QED) is 0.718. The molecule has 1 fully saturated rings. The standard InChI is InChI=1S/C13H17NO2/c1-16-13-7-6-11(9-14-13)10-4-2-3-5-12(15)8-10/h6-7,9-10H,2-5,8H2,1H3. The van der Waals surface area contributed by atoms with Gasteiger partial charge in [0.15, 0.2) is 0 Å². The van der Waals surface area contributed by atoms with Gasteiger partial charge in [0.05, 0.1) is 7.11 Å². The Morgan fingerprint density at radius 3 is 2.94 bits per heavy atom. The van der Waals surface area contributed by atoms with Gasteiger partial charge in [0.25, 0.3) is 0 Å². The molecular formula is C13H17NO2. The first-order valence-electron chi connectivity index (χ1n) is 5.81. The highest BCUT2D eigenvalue weighted by atomic mass is 16.5. The van der Waals surface area contributed by atoms with E-state index in [1.807, 2.05) is 18.3 Å². The molecule has 1 saturated carbocycles. The SMILES string of the molecule is COc1ccc(C2CCCCC(=O)C2)cn1. The summed E-state index contributed by atoms with van der Waals surface area (Å²) in [5.41, 5.74) is 1.16. The second kappa shape index (κ2) is 5.10. The van der Waals surface area contributed by atoms with Crippen LogP contribution in [-0.4, -0.2) is 17.9 Å². The molecule has 0 radical (unpaired) electrons. The maximum atomic E-state index is 11.5. The molecule has 1 atom stereocenters. The average molecular weight is 219 g/mol. The molecule has 2 rings (SSSR count). The number of hydrogen-bond acceptors (Lipinski definition) is 3. The van der Waals surface area contributed by atoms with E-state index < -0.39 is 0 Å². The van der Waals surface area contributed by atoms with Crippen molar-refractivity contribution in [2.75, 3.05) is 7.11 Å². The summed E-state index contributed by atoms with van der Waals surface area (Å²) in [5.74, 6) is 1.37. The zero-order valence-corrected chi connectivity index (χ0v) is 9.61. The third kappa shape index (κ3) is 2.60. The van der Waals surface area contributed by atoms with Gasteiger partial charge in [-0.05, 0) is 24.3 Å². The molecule has 16 heavy (non-hydrogen) atoms. The first-order valence-corrected chi connectivity index (χ1v) is 5.81. The summed E-state index contributed by atoms with van der Waals surface area (Å²) >= 11 is 0. The molecule has 0 spiro atoms. The lowest BCUT2D eigenvalue weighted by molar-refractivity contribution is -0.119. The van der Waals surface area contributed by atoms with Crippen molar-refractivity contribution in [2.24, 2.45) is 0 Å². The van der Waals surface area contributed by atoms with Gasteiger partial charge in [0.1, 0.15) is 5.78 Å². The number of methoxy groups -OCH3 is 1. The molecule has 3 nitrogen and oxygen atoms in total. The van der Waals surface area contributed by atoms with Gasteiger partial charge < -0.3 is 4.74 Å². The third-order valence-electron chi connectivity index (χ3n) is 3.17. The molecule has 3 heteroatoms. The van der Waals surface area contributed by atoms with Crippen LogP contribution in [0.5, 0.6) is 5.88 Å².